The second-order valence-corrected chi connectivity index (χ2v) is 14.0. The first kappa shape index (κ1) is 31.0. The monoisotopic (exact) mass is 680 g/mol. The van der Waals surface area contributed by atoms with Gasteiger partial charge in [-0.15, -0.1) is 0 Å². The molecule has 0 bridgehead atoms. The molecule has 4 nitrogen and oxygen atoms in total. The molecule has 0 saturated heterocycles. The van der Waals surface area contributed by atoms with Gasteiger partial charge < -0.3 is 0 Å². The summed E-state index contributed by atoms with van der Waals surface area (Å²) in [5.41, 5.74) is 8.02. The quantitative estimate of drug-likeness (QED) is 0.164. The summed E-state index contributed by atoms with van der Waals surface area (Å²) in [6.45, 7) is 6.61. The smallest absolute Gasteiger partial charge is 0.137 e. The Bertz CT molecular complexity index is 2990. The Morgan fingerprint density at radius 1 is 0.358 bits per heavy atom. The van der Waals surface area contributed by atoms with E-state index < -0.39 is 0 Å². The molecule has 53 heavy (non-hydrogen) atoms. The maximum atomic E-state index is 4.99. The van der Waals surface area contributed by atoms with Crippen molar-refractivity contribution >= 4 is 88.2 Å². The predicted molar refractivity (Wildman–Crippen MR) is 224 cm³/mol. The van der Waals surface area contributed by atoms with Gasteiger partial charge in [0.05, 0.1) is 22.7 Å². The fourth-order valence-electron chi connectivity index (χ4n) is 8.36. The minimum Gasteiger partial charge on any atom is -0.294 e. The lowest BCUT2D eigenvalue weighted by Gasteiger charge is -2.30. The van der Waals surface area contributed by atoms with Crippen LogP contribution in [0.1, 0.15) is 16.7 Å². The lowest BCUT2D eigenvalue weighted by Crippen LogP contribution is -2.14. The topological polar surface area (TPSA) is 32.3 Å². The molecule has 0 aliphatic heterocycles. The van der Waals surface area contributed by atoms with Gasteiger partial charge in [-0.1, -0.05) is 103 Å². The summed E-state index contributed by atoms with van der Waals surface area (Å²) in [5.74, 6) is 1.77. The van der Waals surface area contributed by atoms with Crippen LogP contribution >= 0.6 is 0 Å². The van der Waals surface area contributed by atoms with Crippen molar-refractivity contribution in [2.45, 2.75) is 20.8 Å². The molecule has 0 saturated carbocycles. The van der Waals surface area contributed by atoms with Gasteiger partial charge in [0.25, 0.3) is 0 Å². The van der Waals surface area contributed by atoms with E-state index in [1.54, 1.807) is 0 Å². The molecule has 0 aliphatic rings. The van der Waals surface area contributed by atoms with E-state index in [4.69, 9.17) is 9.97 Å². The Balaban J connectivity index is 1.31. The Kier molecular flexibility index (Phi) is 7.12. The highest BCUT2D eigenvalue weighted by Crippen LogP contribution is 2.50. The van der Waals surface area contributed by atoms with Gasteiger partial charge in [-0.3, -0.25) is 9.80 Å². The number of aryl methyl sites for hydroxylation is 3. The van der Waals surface area contributed by atoms with Gasteiger partial charge in [0.15, 0.2) is 0 Å². The third-order valence-electron chi connectivity index (χ3n) is 10.8. The van der Waals surface area contributed by atoms with E-state index in [1.165, 1.54) is 65.0 Å². The fourth-order valence-corrected chi connectivity index (χ4v) is 8.36. The number of nitrogens with zero attached hydrogens (tertiary/aromatic N) is 4. The molecule has 10 rings (SSSR count). The lowest BCUT2D eigenvalue weighted by atomic mass is 9.88. The number of fused-ring (bicyclic) bond motifs is 2. The van der Waals surface area contributed by atoms with Crippen molar-refractivity contribution in [2.75, 3.05) is 9.80 Å². The van der Waals surface area contributed by atoms with Crippen molar-refractivity contribution in [2.24, 2.45) is 0 Å². The third-order valence-corrected chi connectivity index (χ3v) is 10.8. The number of anilines is 6. The molecule has 2 aromatic heterocycles. The minimum absolute atomic E-state index is 0.878. The van der Waals surface area contributed by atoms with E-state index in [1.807, 2.05) is 18.5 Å². The number of hydrogen-bond donors (Lipinski definition) is 0. The van der Waals surface area contributed by atoms with Crippen molar-refractivity contribution in [1.82, 2.24) is 9.97 Å². The van der Waals surface area contributed by atoms with Crippen LogP contribution in [0.2, 0.25) is 0 Å². The summed E-state index contributed by atoms with van der Waals surface area (Å²) < 4.78 is 0. The van der Waals surface area contributed by atoms with Crippen LogP contribution in [0.4, 0.5) is 34.4 Å². The van der Waals surface area contributed by atoms with Crippen LogP contribution < -0.4 is 9.80 Å². The molecule has 0 aliphatic carbocycles. The van der Waals surface area contributed by atoms with E-state index in [9.17, 15) is 0 Å². The number of hydrogen-bond acceptors (Lipinski definition) is 4. The zero-order valence-corrected chi connectivity index (χ0v) is 29.9. The molecule has 0 fully saturated rings. The second kappa shape index (κ2) is 12.2. The fraction of sp³-hybridized carbons (Fsp3) is 0.0612. The highest BCUT2D eigenvalue weighted by Gasteiger charge is 2.25. The zero-order chi connectivity index (χ0) is 35.6. The van der Waals surface area contributed by atoms with Crippen molar-refractivity contribution in [3.63, 3.8) is 0 Å². The van der Waals surface area contributed by atoms with Gasteiger partial charge in [0.2, 0.25) is 0 Å². The summed E-state index contributed by atoms with van der Waals surface area (Å²) in [7, 11) is 0. The summed E-state index contributed by atoms with van der Waals surface area (Å²) in [6.07, 6.45) is 3.80. The highest BCUT2D eigenvalue weighted by molar-refractivity contribution is 6.29. The van der Waals surface area contributed by atoms with E-state index in [2.05, 4.69) is 176 Å². The van der Waals surface area contributed by atoms with Crippen LogP contribution in [0.25, 0.3) is 53.9 Å². The molecule has 4 heteroatoms. The van der Waals surface area contributed by atoms with Crippen LogP contribution in [0.3, 0.4) is 0 Å². The average molecular weight is 681 g/mol. The van der Waals surface area contributed by atoms with Crippen molar-refractivity contribution in [3.8, 4) is 0 Å². The largest absolute Gasteiger partial charge is 0.294 e. The average Bonchev–Trinajstić information content (AvgIpc) is 3.19. The van der Waals surface area contributed by atoms with Crippen LogP contribution in [0.15, 0.2) is 164 Å². The molecule has 2 heterocycles. The van der Waals surface area contributed by atoms with E-state index in [0.717, 1.165) is 39.9 Å². The lowest BCUT2D eigenvalue weighted by molar-refractivity contribution is 1.18. The van der Waals surface area contributed by atoms with E-state index in [-0.39, 0.29) is 0 Å². The Hall–Kier alpha value is -6.78. The Morgan fingerprint density at radius 2 is 0.849 bits per heavy atom. The zero-order valence-electron chi connectivity index (χ0n) is 29.9. The summed E-state index contributed by atoms with van der Waals surface area (Å²) >= 11 is 0. The van der Waals surface area contributed by atoms with Gasteiger partial charge in [-0.2, -0.15) is 0 Å². The molecule has 0 amide bonds. The van der Waals surface area contributed by atoms with Gasteiger partial charge in [-0.05, 0) is 118 Å². The standard InChI is InChI=1S/C49H36N4/c1-31-25-27-51-47(28-31)53(43-19-11-15-35-13-5-7-17-39(35)43)45-30-33(3)37-21-23-40-44(29-32(2)36-22-24-41(45)49(37)48(36)40)52(46-20-8-9-26-50-46)42-18-10-14-34-12-4-6-16-38(34)42/h4-30H,1-3H3. The Labute approximate surface area is 308 Å². The van der Waals surface area contributed by atoms with Gasteiger partial charge in [0.1, 0.15) is 11.6 Å². The first-order valence-electron chi connectivity index (χ1n) is 18.2. The van der Waals surface area contributed by atoms with Crippen molar-refractivity contribution < 1.29 is 0 Å². The molecule has 10 aromatic rings. The summed E-state index contributed by atoms with van der Waals surface area (Å²) in [4.78, 5) is 14.6. The molecule has 252 valence electrons. The molecular formula is C49H36N4. The maximum Gasteiger partial charge on any atom is 0.137 e. The number of pyridine rings is 2. The van der Waals surface area contributed by atoms with E-state index in [0.29, 0.717) is 0 Å². The maximum absolute atomic E-state index is 4.99. The van der Waals surface area contributed by atoms with Gasteiger partial charge >= 0.3 is 0 Å². The number of benzene rings is 8. The van der Waals surface area contributed by atoms with Gasteiger partial charge in [0, 0.05) is 33.9 Å². The van der Waals surface area contributed by atoms with Crippen LogP contribution in [-0.2, 0) is 0 Å². The molecule has 0 radical (unpaired) electrons. The van der Waals surface area contributed by atoms with Crippen LogP contribution in [0, 0.1) is 20.8 Å². The molecule has 8 aromatic carbocycles. The normalized spacial score (nSPS) is 11.7. The summed E-state index contributed by atoms with van der Waals surface area (Å²) in [6, 6.07) is 54.7. The Morgan fingerprint density at radius 3 is 1.40 bits per heavy atom. The molecule has 0 atom stereocenters. The molecule has 0 spiro atoms. The van der Waals surface area contributed by atoms with Crippen LogP contribution in [0.5, 0.6) is 0 Å². The third kappa shape index (κ3) is 4.91. The predicted octanol–water partition coefficient (Wildman–Crippen LogP) is 13.5. The first-order valence-corrected chi connectivity index (χ1v) is 18.2. The van der Waals surface area contributed by atoms with Crippen molar-refractivity contribution in [3.05, 3.63) is 181 Å². The molecule has 0 unspecified atom stereocenters. The number of rotatable bonds is 6. The minimum atomic E-state index is 0.878. The van der Waals surface area contributed by atoms with Gasteiger partial charge in [-0.25, -0.2) is 9.97 Å². The highest BCUT2D eigenvalue weighted by atomic mass is 15.2. The first-order chi connectivity index (χ1) is 26.0. The van der Waals surface area contributed by atoms with E-state index >= 15 is 0 Å². The SMILES string of the molecule is Cc1ccnc(N(c2cccc3ccccc23)c2cc(C)c3ccc4c(N(c5ccccn5)c5cccc6ccccc56)cc(C)c5ccc2c3c54)c1. The molecule has 0 N–H and O–H groups in total. The second-order valence-electron chi connectivity index (χ2n) is 14.0. The molecular weight excluding hydrogens is 645 g/mol. The van der Waals surface area contributed by atoms with Crippen LogP contribution in [-0.4, -0.2) is 9.97 Å². The number of aromatic nitrogens is 2. The van der Waals surface area contributed by atoms with Crippen molar-refractivity contribution in [1.29, 1.82) is 0 Å². The summed E-state index contributed by atoms with van der Waals surface area (Å²) in [5, 5.41) is 12.1.